The van der Waals surface area contributed by atoms with E-state index >= 15 is 0 Å². The number of hydrogen-bond acceptors (Lipinski definition) is 5. The minimum Gasteiger partial charge on any atom is -0.271 e. The molecule has 0 fully saturated rings. The molecule has 108 valence electrons. The van der Waals surface area contributed by atoms with E-state index < -0.39 is 0 Å². The first kappa shape index (κ1) is 15.1. The molecule has 0 bridgehead atoms. The summed E-state index contributed by atoms with van der Waals surface area (Å²) in [6.45, 7) is 6.55. The van der Waals surface area contributed by atoms with Gasteiger partial charge in [-0.3, -0.25) is 16.3 Å². The van der Waals surface area contributed by atoms with Crippen molar-refractivity contribution in [3.63, 3.8) is 0 Å². The molecule has 0 amide bonds. The summed E-state index contributed by atoms with van der Waals surface area (Å²) in [5.74, 6) is 5.67. The number of hydrazine groups is 1. The van der Waals surface area contributed by atoms with Gasteiger partial charge in [-0.15, -0.1) is 11.3 Å². The quantitative estimate of drug-likeness (QED) is 0.656. The first-order valence-electron chi connectivity index (χ1n) is 6.79. The van der Waals surface area contributed by atoms with Gasteiger partial charge >= 0.3 is 0 Å². The fourth-order valence-electron chi connectivity index (χ4n) is 1.95. The molecular weight excluding hydrogens is 268 g/mol. The Hall–Kier alpha value is -1.30. The third-order valence-corrected chi connectivity index (χ3v) is 4.08. The molecule has 2 rings (SSSR count). The van der Waals surface area contributed by atoms with Crippen molar-refractivity contribution in [1.82, 2.24) is 15.4 Å². The summed E-state index contributed by atoms with van der Waals surface area (Å²) < 4.78 is 0. The molecule has 20 heavy (non-hydrogen) atoms. The maximum absolute atomic E-state index is 5.67. The van der Waals surface area contributed by atoms with Gasteiger partial charge in [0.1, 0.15) is 0 Å². The van der Waals surface area contributed by atoms with E-state index in [0.717, 1.165) is 23.5 Å². The summed E-state index contributed by atoms with van der Waals surface area (Å²) >= 11 is 1.71. The number of pyridine rings is 1. The Bertz CT molecular complexity index is 530. The Balaban J connectivity index is 2.01. The molecule has 0 saturated carbocycles. The van der Waals surface area contributed by atoms with Crippen molar-refractivity contribution in [1.29, 1.82) is 0 Å². The van der Waals surface area contributed by atoms with Gasteiger partial charge in [0.05, 0.1) is 10.7 Å². The number of nitrogens with zero attached hydrogens (tertiary/aromatic N) is 2. The van der Waals surface area contributed by atoms with Crippen LogP contribution in [-0.2, 0) is 18.3 Å². The van der Waals surface area contributed by atoms with Gasteiger partial charge < -0.3 is 0 Å². The Labute approximate surface area is 124 Å². The summed E-state index contributed by atoms with van der Waals surface area (Å²) in [7, 11) is 0. The smallest absolute Gasteiger partial charge is 0.0944 e. The number of hydrogen-bond donors (Lipinski definition) is 2. The van der Waals surface area contributed by atoms with Crippen LogP contribution in [0, 0.1) is 0 Å². The third kappa shape index (κ3) is 4.10. The van der Waals surface area contributed by atoms with E-state index in [1.165, 1.54) is 5.56 Å². The lowest BCUT2D eigenvalue weighted by atomic mass is 9.93. The van der Waals surface area contributed by atoms with E-state index in [2.05, 4.69) is 36.6 Å². The maximum Gasteiger partial charge on any atom is 0.0944 e. The zero-order valence-electron chi connectivity index (χ0n) is 12.3. The van der Waals surface area contributed by atoms with E-state index in [1.807, 2.05) is 24.5 Å². The van der Waals surface area contributed by atoms with Gasteiger partial charge in [0.15, 0.2) is 0 Å². The van der Waals surface area contributed by atoms with Crippen molar-refractivity contribution in [3.8, 4) is 0 Å². The van der Waals surface area contributed by atoms with Crippen LogP contribution >= 0.6 is 11.3 Å². The van der Waals surface area contributed by atoms with Gasteiger partial charge in [0.25, 0.3) is 0 Å². The largest absolute Gasteiger partial charge is 0.271 e. The van der Waals surface area contributed by atoms with E-state index in [4.69, 9.17) is 10.8 Å². The average Bonchev–Trinajstić information content (AvgIpc) is 2.87. The van der Waals surface area contributed by atoms with E-state index in [1.54, 1.807) is 11.3 Å². The lowest BCUT2D eigenvalue weighted by molar-refractivity contribution is 0.517. The molecule has 1 unspecified atom stereocenters. The zero-order chi connectivity index (χ0) is 14.6. The minimum atomic E-state index is 0.103. The Morgan fingerprint density at radius 2 is 1.95 bits per heavy atom. The second-order valence-electron chi connectivity index (χ2n) is 6.00. The average molecular weight is 290 g/mol. The normalized spacial score (nSPS) is 13.4. The molecule has 0 aromatic carbocycles. The second-order valence-corrected chi connectivity index (χ2v) is 6.95. The van der Waals surface area contributed by atoms with Crippen LogP contribution in [0.1, 0.15) is 37.0 Å². The molecule has 2 heterocycles. The standard InChI is InChI=1S/C15H22N4S/c1-15(2,3)13-10-20-14(18-13)9-12(19-16)8-11-4-6-17-7-5-11/h4-7,10,12,19H,8-9,16H2,1-3H3. The molecule has 0 saturated heterocycles. The van der Waals surface area contributed by atoms with Crippen molar-refractivity contribution in [2.45, 2.75) is 45.1 Å². The minimum absolute atomic E-state index is 0.103. The molecule has 4 nitrogen and oxygen atoms in total. The monoisotopic (exact) mass is 290 g/mol. The molecule has 0 aliphatic rings. The van der Waals surface area contributed by atoms with Crippen molar-refractivity contribution < 1.29 is 0 Å². The zero-order valence-corrected chi connectivity index (χ0v) is 13.1. The van der Waals surface area contributed by atoms with Gasteiger partial charge in [0, 0.05) is 35.7 Å². The molecule has 0 spiro atoms. The first-order chi connectivity index (χ1) is 9.49. The highest BCUT2D eigenvalue weighted by atomic mass is 32.1. The van der Waals surface area contributed by atoms with Crippen LogP contribution in [0.4, 0.5) is 0 Å². The number of rotatable bonds is 5. The van der Waals surface area contributed by atoms with Crippen LogP contribution < -0.4 is 11.3 Å². The molecule has 2 aromatic heterocycles. The van der Waals surface area contributed by atoms with Crippen molar-refractivity contribution in [3.05, 3.63) is 46.2 Å². The van der Waals surface area contributed by atoms with Crippen molar-refractivity contribution in [2.75, 3.05) is 0 Å². The maximum atomic E-state index is 5.67. The van der Waals surface area contributed by atoms with Gasteiger partial charge in [-0.2, -0.15) is 0 Å². The predicted molar refractivity (Wildman–Crippen MR) is 83.6 cm³/mol. The fourth-order valence-corrected chi connectivity index (χ4v) is 3.06. The molecule has 2 aromatic rings. The number of nitrogens with one attached hydrogen (secondary N) is 1. The van der Waals surface area contributed by atoms with Crippen molar-refractivity contribution >= 4 is 11.3 Å². The number of aromatic nitrogens is 2. The van der Waals surface area contributed by atoms with Gasteiger partial charge in [-0.05, 0) is 24.1 Å². The lowest BCUT2D eigenvalue weighted by Gasteiger charge is -2.16. The predicted octanol–water partition coefficient (Wildman–Crippen LogP) is 2.45. The molecule has 0 aliphatic carbocycles. The second kappa shape index (κ2) is 6.43. The highest BCUT2D eigenvalue weighted by molar-refractivity contribution is 7.09. The molecule has 0 aliphatic heterocycles. The Morgan fingerprint density at radius 1 is 1.25 bits per heavy atom. The number of thiazole rings is 1. The van der Waals surface area contributed by atoms with E-state index in [-0.39, 0.29) is 11.5 Å². The van der Waals surface area contributed by atoms with Crippen molar-refractivity contribution in [2.24, 2.45) is 5.84 Å². The van der Waals surface area contributed by atoms with Gasteiger partial charge in [-0.25, -0.2) is 4.98 Å². The van der Waals surface area contributed by atoms with E-state index in [9.17, 15) is 0 Å². The summed E-state index contributed by atoms with van der Waals surface area (Å²) in [6.07, 6.45) is 5.34. The highest BCUT2D eigenvalue weighted by Crippen LogP contribution is 2.24. The van der Waals surface area contributed by atoms with Crippen LogP contribution in [0.3, 0.4) is 0 Å². The van der Waals surface area contributed by atoms with Crippen LogP contribution in [0.25, 0.3) is 0 Å². The molecule has 5 heteroatoms. The lowest BCUT2D eigenvalue weighted by Crippen LogP contribution is -2.38. The number of nitrogens with two attached hydrogens (primary N) is 1. The molecular formula is C15H22N4S. The topological polar surface area (TPSA) is 63.8 Å². The Kier molecular flexibility index (Phi) is 4.86. The van der Waals surface area contributed by atoms with Gasteiger partial charge in [-0.1, -0.05) is 20.8 Å². The fraction of sp³-hybridized carbons (Fsp3) is 0.467. The SMILES string of the molecule is CC(C)(C)c1csc(CC(Cc2ccncc2)NN)n1. The van der Waals surface area contributed by atoms with Crippen LogP contribution in [0.5, 0.6) is 0 Å². The van der Waals surface area contributed by atoms with Crippen LogP contribution in [0.15, 0.2) is 29.9 Å². The Morgan fingerprint density at radius 3 is 2.50 bits per heavy atom. The summed E-state index contributed by atoms with van der Waals surface area (Å²) in [6, 6.07) is 4.23. The third-order valence-electron chi connectivity index (χ3n) is 3.21. The van der Waals surface area contributed by atoms with E-state index in [0.29, 0.717) is 0 Å². The summed E-state index contributed by atoms with van der Waals surface area (Å²) in [4.78, 5) is 8.75. The van der Waals surface area contributed by atoms with Gasteiger partial charge in [0.2, 0.25) is 0 Å². The summed E-state index contributed by atoms with van der Waals surface area (Å²) in [5, 5.41) is 3.28. The first-order valence-corrected chi connectivity index (χ1v) is 7.67. The molecule has 1 atom stereocenters. The van der Waals surface area contributed by atoms with Crippen LogP contribution in [-0.4, -0.2) is 16.0 Å². The van der Waals surface area contributed by atoms with Crippen LogP contribution in [0.2, 0.25) is 0 Å². The highest BCUT2D eigenvalue weighted by Gasteiger charge is 2.18. The molecule has 0 radical (unpaired) electrons. The summed E-state index contributed by atoms with van der Waals surface area (Å²) in [5.41, 5.74) is 5.38. The molecule has 3 N–H and O–H groups in total.